The van der Waals surface area contributed by atoms with Gasteiger partial charge in [-0.1, -0.05) is 42.8 Å². The number of Topliss-reactive ketones (excluding diaryl/α,β-unsaturated/α-hetero) is 1. The van der Waals surface area contributed by atoms with Gasteiger partial charge in [-0.15, -0.1) is 0 Å². The summed E-state index contributed by atoms with van der Waals surface area (Å²) in [5, 5.41) is 0.955. The Labute approximate surface area is 260 Å². The van der Waals surface area contributed by atoms with Crippen LogP contribution in [0.4, 0.5) is 0 Å². The number of fused-ring (bicyclic) bond motifs is 2. The molecule has 0 radical (unpaired) electrons. The second kappa shape index (κ2) is 12.0. The van der Waals surface area contributed by atoms with Gasteiger partial charge >= 0.3 is 0 Å². The van der Waals surface area contributed by atoms with E-state index in [1.165, 1.54) is 69.2 Å². The number of rotatable bonds is 10. The minimum atomic E-state index is 0.256. The molecule has 1 saturated heterocycles. The predicted octanol–water partition coefficient (Wildman–Crippen LogP) is 8.38. The molecular weight excluding hydrogens is 544 g/mol. The summed E-state index contributed by atoms with van der Waals surface area (Å²) in [5.41, 5.74) is 7.65. The Morgan fingerprint density at radius 2 is 1.55 bits per heavy atom. The number of aryl methyl sites for hydroxylation is 2. The first-order valence-electron chi connectivity index (χ1n) is 16.8. The van der Waals surface area contributed by atoms with Crippen molar-refractivity contribution in [2.75, 3.05) is 26.4 Å². The molecule has 5 nitrogen and oxygen atoms in total. The van der Waals surface area contributed by atoms with Crippen LogP contribution < -0.4 is 9.47 Å². The molecule has 8 rings (SSSR count). The molecule has 5 heteroatoms. The van der Waals surface area contributed by atoms with E-state index in [0.717, 1.165) is 70.1 Å². The first-order valence-corrected chi connectivity index (χ1v) is 16.8. The molecule has 0 N–H and O–H groups in total. The number of aromatic nitrogens is 1. The predicted molar refractivity (Wildman–Crippen MR) is 175 cm³/mol. The number of nitrogens with zero attached hydrogens (tertiary/aromatic N) is 2. The summed E-state index contributed by atoms with van der Waals surface area (Å²) in [6.07, 6.45) is 11.3. The molecule has 4 aliphatic rings. The molecule has 44 heavy (non-hydrogen) atoms. The van der Waals surface area contributed by atoms with E-state index >= 15 is 0 Å². The monoisotopic (exact) mass is 586 g/mol. The third-order valence-electron chi connectivity index (χ3n) is 10.5. The Morgan fingerprint density at radius 3 is 2.39 bits per heavy atom. The highest BCUT2D eigenvalue weighted by atomic mass is 16.7. The maximum absolute atomic E-state index is 14.3. The van der Waals surface area contributed by atoms with Crippen LogP contribution in [0.15, 0.2) is 66.7 Å². The van der Waals surface area contributed by atoms with Gasteiger partial charge in [-0.25, -0.2) is 0 Å². The van der Waals surface area contributed by atoms with Crippen LogP contribution in [0.5, 0.6) is 11.5 Å². The van der Waals surface area contributed by atoms with E-state index in [2.05, 4.69) is 59.5 Å². The summed E-state index contributed by atoms with van der Waals surface area (Å²) in [7, 11) is 0. The second-order valence-corrected chi connectivity index (χ2v) is 13.6. The molecule has 2 atom stereocenters. The smallest absolute Gasteiger partial charge is 0.231 e. The second-order valence-electron chi connectivity index (χ2n) is 13.6. The van der Waals surface area contributed by atoms with Gasteiger partial charge in [0, 0.05) is 29.6 Å². The lowest BCUT2D eigenvalue weighted by Crippen LogP contribution is -2.29. The van der Waals surface area contributed by atoms with E-state index < -0.39 is 0 Å². The van der Waals surface area contributed by atoms with E-state index in [9.17, 15) is 4.79 Å². The van der Waals surface area contributed by atoms with Crippen molar-refractivity contribution in [1.82, 2.24) is 9.88 Å². The molecule has 3 heterocycles. The van der Waals surface area contributed by atoms with E-state index in [0.29, 0.717) is 18.3 Å². The van der Waals surface area contributed by atoms with Gasteiger partial charge in [0.05, 0.1) is 5.52 Å². The number of likely N-dealkylation sites (tertiary alicyclic amines) is 1. The lowest BCUT2D eigenvalue weighted by molar-refractivity contribution is 0.0944. The van der Waals surface area contributed by atoms with Gasteiger partial charge in [0.15, 0.2) is 17.3 Å². The summed E-state index contributed by atoms with van der Waals surface area (Å²) in [4.78, 5) is 22.0. The quantitative estimate of drug-likeness (QED) is 0.175. The summed E-state index contributed by atoms with van der Waals surface area (Å²) in [6.45, 7) is 3.86. The maximum Gasteiger partial charge on any atom is 0.231 e. The van der Waals surface area contributed by atoms with E-state index in [1.807, 2.05) is 12.1 Å². The van der Waals surface area contributed by atoms with Gasteiger partial charge in [-0.2, -0.15) is 0 Å². The fourth-order valence-corrected chi connectivity index (χ4v) is 7.81. The first-order chi connectivity index (χ1) is 21.7. The van der Waals surface area contributed by atoms with Crippen LogP contribution >= 0.6 is 0 Å². The maximum atomic E-state index is 14.3. The van der Waals surface area contributed by atoms with Crippen LogP contribution in [0.3, 0.4) is 0 Å². The molecule has 0 bridgehead atoms. The zero-order chi connectivity index (χ0) is 29.5. The molecule has 2 aliphatic carbocycles. The molecule has 0 amide bonds. The highest BCUT2D eigenvalue weighted by Gasteiger charge is 2.32. The number of ketones is 1. The Morgan fingerprint density at radius 1 is 0.773 bits per heavy atom. The van der Waals surface area contributed by atoms with Crippen molar-refractivity contribution in [2.45, 2.75) is 70.1 Å². The normalized spacial score (nSPS) is 21.4. The van der Waals surface area contributed by atoms with Crippen molar-refractivity contribution in [2.24, 2.45) is 11.8 Å². The van der Waals surface area contributed by atoms with Crippen LogP contribution in [0, 0.1) is 11.8 Å². The van der Waals surface area contributed by atoms with Crippen molar-refractivity contribution >= 4 is 16.7 Å². The number of ether oxygens (including phenoxy) is 2. The Bertz CT molecular complexity index is 1670. The standard InChI is InChI=1S/C39H42N2O3/c42-37(21-29-4-3-5-32(29)24-41-18-1-2-19-41)35-23-33(15-8-26-6-9-27(10-7-26)28-11-12-28)40-36-16-13-30(20-34(35)36)31-14-17-38-39(22-31)44-25-43-38/h6-7,9-10,13-14,16-17,20,22-23,28-29,32H,1-5,8,11-12,15,18-19,21,24-25H2/t29?,32-/m0/s1. The number of benzene rings is 3. The first kappa shape index (κ1) is 27.8. The van der Waals surface area contributed by atoms with Crippen molar-refractivity contribution in [3.8, 4) is 22.6 Å². The van der Waals surface area contributed by atoms with Crippen LogP contribution in [-0.2, 0) is 12.8 Å². The molecule has 3 aromatic carbocycles. The number of pyridine rings is 1. The minimum absolute atomic E-state index is 0.256. The van der Waals surface area contributed by atoms with Gasteiger partial charge in [-0.05, 0) is 135 Å². The SMILES string of the molecule is O=C(CC1CCC[C@H]1CN1CCCC1)c1cc(CCc2ccc(C3CC3)cc2)nc2ccc(-c3ccc4c(c3)OCO4)cc12. The van der Waals surface area contributed by atoms with E-state index in [1.54, 1.807) is 0 Å². The van der Waals surface area contributed by atoms with Gasteiger partial charge in [-0.3, -0.25) is 9.78 Å². The van der Waals surface area contributed by atoms with Gasteiger partial charge in [0.25, 0.3) is 0 Å². The summed E-state index contributed by atoms with van der Waals surface area (Å²) < 4.78 is 11.2. The highest BCUT2D eigenvalue weighted by molar-refractivity contribution is 6.08. The topological polar surface area (TPSA) is 51.7 Å². The molecule has 1 aromatic heterocycles. The van der Waals surface area contributed by atoms with Crippen LogP contribution in [-0.4, -0.2) is 42.1 Å². The van der Waals surface area contributed by atoms with Gasteiger partial charge in [0.1, 0.15) is 0 Å². The lowest BCUT2D eigenvalue weighted by Gasteiger charge is -2.25. The van der Waals surface area contributed by atoms with Crippen LogP contribution in [0.1, 0.15) is 84.5 Å². The number of hydrogen-bond acceptors (Lipinski definition) is 5. The number of carbonyl (C=O) groups excluding carboxylic acids is 1. The summed E-state index contributed by atoms with van der Waals surface area (Å²) in [5.74, 6) is 3.69. The average molecular weight is 587 g/mol. The Hall–Kier alpha value is -3.70. The third-order valence-corrected chi connectivity index (χ3v) is 10.5. The third kappa shape index (κ3) is 5.87. The average Bonchev–Trinajstić information content (AvgIpc) is 3.37. The fourth-order valence-electron chi connectivity index (χ4n) is 7.81. The Kier molecular flexibility index (Phi) is 7.59. The van der Waals surface area contributed by atoms with Crippen molar-refractivity contribution in [1.29, 1.82) is 0 Å². The zero-order valence-corrected chi connectivity index (χ0v) is 25.6. The molecule has 2 aliphatic heterocycles. The number of carbonyl (C=O) groups is 1. The molecule has 4 aromatic rings. The number of hydrogen-bond donors (Lipinski definition) is 0. The summed E-state index contributed by atoms with van der Waals surface area (Å²) in [6, 6.07) is 23.7. The largest absolute Gasteiger partial charge is 0.454 e. The van der Waals surface area contributed by atoms with Gasteiger partial charge in [0.2, 0.25) is 6.79 Å². The molecule has 226 valence electrons. The molecular formula is C39H42N2O3. The molecule has 0 spiro atoms. The van der Waals surface area contributed by atoms with Crippen LogP contribution in [0.25, 0.3) is 22.0 Å². The fraction of sp³-hybridized carbons (Fsp3) is 0.436. The Balaban J connectivity index is 1.09. The zero-order valence-electron chi connectivity index (χ0n) is 25.6. The van der Waals surface area contributed by atoms with E-state index in [4.69, 9.17) is 14.5 Å². The van der Waals surface area contributed by atoms with Crippen LogP contribution in [0.2, 0.25) is 0 Å². The lowest BCUT2D eigenvalue weighted by atomic mass is 9.87. The van der Waals surface area contributed by atoms with Crippen molar-refractivity contribution in [3.05, 3.63) is 89.1 Å². The highest BCUT2D eigenvalue weighted by Crippen LogP contribution is 2.41. The van der Waals surface area contributed by atoms with Crippen molar-refractivity contribution < 1.29 is 14.3 Å². The minimum Gasteiger partial charge on any atom is -0.454 e. The van der Waals surface area contributed by atoms with Crippen molar-refractivity contribution in [3.63, 3.8) is 0 Å². The summed E-state index contributed by atoms with van der Waals surface area (Å²) >= 11 is 0. The van der Waals surface area contributed by atoms with Gasteiger partial charge < -0.3 is 14.4 Å². The molecule has 1 unspecified atom stereocenters. The molecule has 3 fully saturated rings. The van der Waals surface area contributed by atoms with E-state index in [-0.39, 0.29) is 12.6 Å². The molecule has 2 saturated carbocycles.